The smallest absolute Gasteiger partial charge is 0.416 e. The molecule has 0 amide bonds. The minimum Gasteiger partial charge on any atom is -0.491 e. The number of hydrogen-bond acceptors (Lipinski definition) is 5. The van der Waals surface area contributed by atoms with Crippen LogP contribution in [0.5, 0.6) is 5.75 Å². The molecule has 1 aromatic rings. The molecular weight excluding hydrogens is 441 g/mol. The molecule has 0 saturated heterocycles. The standard InChI is InChI=1S/C24H33F3O6/c1-15(11-17(28)14-33-18-8-6-7-16(12-18)24(25,26)27)23-19(20(29)13-21(23)30)9-4-2-3-5-10-22(31)32/h2,4,6-8,12,15,17,19-21,23,28-30H,3,5,9-11,13-14H2,1H3,(H,31,32)/b4-2-/t15?,17-,19+,20+,21-,23-/m1/s1. The highest BCUT2D eigenvalue weighted by atomic mass is 19.4. The number of carboxylic acids is 1. The molecule has 1 unspecified atom stereocenters. The van der Waals surface area contributed by atoms with Crippen molar-refractivity contribution >= 4 is 5.97 Å². The molecule has 33 heavy (non-hydrogen) atoms. The lowest BCUT2D eigenvalue weighted by molar-refractivity contribution is -0.138. The van der Waals surface area contributed by atoms with Crippen LogP contribution in [0.3, 0.4) is 0 Å². The van der Waals surface area contributed by atoms with E-state index in [0.29, 0.717) is 19.3 Å². The molecule has 0 aromatic heterocycles. The van der Waals surface area contributed by atoms with Gasteiger partial charge in [-0.05, 0) is 68.1 Å². The molecule has 6 atom stereocenters. The van der Waals surface area contributed by atoms with Crippen LogP contribution >= 0.6 is 0 Å². The van der Waals surface area contributed by atoms with Gasteiger partial charge in [0, 0.05) is 6.42 Å². The first kappa shape index (κ1) is 27.1. The summed E-state index contributed by atoms with van der Waals surface area (Å²) in [5.41, 5.74) is -0.829. The van der Waals surface area contributed by atoms with Gasteiger partial charge in [0.25, 0.3) is 0 Å². The van der Waals surface area contributed by atoms with Crippen molar-refractivity contribution in [2.45, 2.75) is 69.9 Å². The molecule has 2 rings (SSSR count). The molecule has 1 aromatic carbocycles. The summed E-state index contributed by atoms with van der Waals surface area (Å²) in [6, 6.07) is 4.45. The Labute approximate surface area is 191 Å². The van der Waals surface area contributed by atoms with E-state index in [1.54, 1.807) is 0 Å². The molecule has 0 bridgehead atoms. The fourth-order valence-corrected chi connectivity index (χ4v) is 4.59. The number of aliphatic carboxylic acids is 1. The number of carbonyl (C=O) groups is 1. The summed E-state index contributed by atoms with van der Waals surface area (Å²) < 4.78 is 43.8. The zero-order valence-corrected chi connectivity index (χ0v) is 18.6. The Balaban J connectivity index is 1.87. The van der Waals surface area contributed by atoms with Gasteiger partial charge in [0.15, 0.2) is 0 Å². The first-order valence-corrected chi connectivity index (χ1v) is 11.2. The fourth-order valence-electron chi connectivity index (χ4n) is 4.59. The highest BCUT2D eigenvalue weighted by Gasteiger charge is 2.43. The van der Waals surface area contributed by atoms with Crippen molar-refractivity contribution in [2.75, 3.05) is 6.61 Å². The van der Waals surface area contributed by atoms with Crippen LogP contribution < -0.4 is 4.74 Å². The molecule has 1 saturated carbocycles. The SMILES string of the molecule is CC(C[C@@H](O)COc1cccc(C(F)(F)F)c1)[C@@H]1[C@@H](C/C=C\CCCC(=O)O)[C@@H](O)C[C@H]1O. The number of carboxylic acid groups (broad SMARTS) is 1. The van der Waals surface area contributed by atoms with E-state index in [4.69, 9.17) is 9.84 Å². The second-order valence-corrected chi connectivity index (χ2v) is 8.81. The maximum atomic E-state index is 12.8. The van der Waals surface area contributed by atoms with Gasteiger partial charge in [0.05, 0.1) is 23.9 Å². The molecule has 0 heterocycles. The van der Waals surface area contributed by atoms with E-state index in [1.165, 1.54) is 12.1 Å². The van der Waals surface area contributed by atoms with Gasteiger partial charge in [0.2, 0.25) is 0 Å². The van der Waals surface area contributed by atoms with Gasteiger partial charge >= 0.3 is 12.1 Å². The van der Waals surface area contributed by atoms with Gasteiger partial charge in [-0.1, -0.05) is 25.1 Å². The predicted octanol–water partition coefficient (Wildman–Crippen LogP) is 4.03. The van der Waals surface area contributed by atoms with Crippen LogP contribution in [0.1, 0.15) is 51.0 Å². The van der Waals surface area contributed by atoms with Crippen molar-refractivity contribution in [1.29, 1.82) is 0 Å². The van der Waals surface area contributed by atoms with E-state index >= 15 is 0 Å². The van der Waals surface area contributed by atoms with Gasteiger partial charge in [0.1, 0.15) is 12.4 Å². The van der Waals surface area contributed by atoms with Gasteiger partial charge < -0.3 is 25.2 Å². The third-order valence-corrected chi connectivity index (χ3v) is 6.16. The number of unbranched alkanes of at least 4 members (excludes halogenated alkanes) is 1. The Morgan fingerprint density at radius 3 is 2.64 bits per heavy atom. The van der Waals surface area contributed by atoms with E-state index in [9.17, 15) is 33.3 Å². The van der Waals surface area contributed by atoms with Crippen molar-refractivity contribution in [1.82, 2.24) is 0 Å². The first-order valence-electron chi connectivity index (χ1n) is 11.2. The maximum absolute atomic E-state index is 12.8. The summed E-state index contributed by atoms with van der Waals surface area (Å²) in [5.74, 6) is -1.46. The summed E-state index contributed by atoms with van der Waals surface area (Å²) in [6.45, 7) is 1.67. The predicted molar refractivity (Wildman–Crippen MR) is 116 cm³/mol. The zero-order valence-electron chi connectivity index (χ0n) is 18.6. The van der Waals surface area contributed by atoms with E-state index in [0.717, 1.165) is 12.1 Å². The lowest BCUT2D eigenvalue weighted by Gasteiger charge is -2.30. The average Bonchev–Trinajstić information content (AvgIpc) is 3.01. The number of hydrogen-bond donors (Lipinski definition) is 4. The molecule has 0 radical (unpaired) electrons. The van der Waals surface area contributed by atoms with Crippen molar-refractivity contribution in [3.63, 3.8) is 0 Å². The van der Waals surface area contributed by atoms with Crippen molar-refractivity contribution in [3.8, 4) is 5.75 Å². The van der Waals surface area contributed by atoms with E-state index in [2.05, 4.69) is 0 Å². The molecule has 6 nitrogen and oxygen atoms in total. The molecule has 4 N–H and O–H groups in total. The van der Waals surface area contributed by atoms with Crippen LogP contribution in [0.25, 0.3) is 0 Å². The van der Waals surface area contributed by atoms with Crippen molar-refractivity contribution in [2.24, 2.45) is 17.8 Å². The first-order chi connectivity index (χ1) is 15.5. The Morgan fingerprint density at radius 2 is 1.97 bits per heavy atom. The van der Waals surface area contributed by atoms with Gasteiger partial charge in [-0.15, -0.1) is 0 Å². The summed E-state index contributed by atoms with van der Waals surface area (Å²) in [7, 11) is 0. The molecule has 1 aliphatic rings. The Bertz CT molecular complexity index is 782. The van der Waals surface area contributed by atoms with Crippen LogP contribution in [-0.4, -0.2) is 51.3 Å². The quantitative estimate of drug-likeness (QED) is 0.269. The third kappa shape index (κ3) is 8.64. The van der Waals surface area contributed by atoms with Crippen LogP contribution in [-0.2, 0) is 11.0 Å². The Hall–Kier alpha value is -2.10. The Kier molecular flexibility index (Phi) is 10.2. The van der Waals surface area contributed by atoms with Gasteiger partial charge in [-0.3, -0.25) is 4.79 Å². The minimum atomic E-state index is -4.48. The van der Waals surface area contributed by atoms with E-state index in [1.807, 2.05) is 19.1 Å². The summed E-state index contributed by atoms with van der Waals surface area (Å²) in [6.07, 6.45) is -0.824. The number of ether oxygens (including phenoxy) is 1. The minimum absolute atomic E-state index is 0.0127. The molecular formula is C24H33F3O6. The van der Waals surface area contributed by atoms with E-state index in [-0.39, 0.29) is 49.4 Å². The maximum Gasteiger partial charge on any atom is 0.416 e. The van der Waals surface area contributed by atoms with Gasteiger partial charge in [-0.2, -0.15) is 13.2 Å². The third-order valence-electron chi connectivity index (χ3n) is 6.16. The molecule has 0 spiro atoms. The zero-order chi connectivity index (χ0) is 24.6. The number of allylic oxidation sites excluding steroid dienone is 2. The molecule has 0 aliphatic heterocycles. The molecule has 1 fully saturated rings. The number of aliphatic hydroxyl groups is 3. The van der Waals surface area contributed by atoms with Gasteiger partial charge in [-0.25, -0.2) is 0 Å². The number of halogens is 3. The molecule has 1 aliphatic carbocycles. The summed E-state index contributed by atoms with van der Waals surface area (Å²) in [5, 5.41) is 39.9. The lowest BCUT2D eigenvalue weighted by atomic mass is 9.79. The largest absolute Gasteiger partial charge is 0.491 e. The number of rotatable bonds is 12. The van der Waals surface area contributed by atoms with Crippen molar-refractivity contribution in [3.05, 3.63) is 42.0 Å². The number of benzene rings is 1. The fraction of sp³-hybridized carbons (Fsp3) is 0.625. The van der Waals surface area contributed by atoms with Crippen LogP contribution in [0.4, 0.5) is 13.2 Å². The van der Waals surface area contributed by atoms with E-state index < -0.39 is 36.0 Å². The topological polar surface area (TPSA) is 107 Å². The number of alkyl halides is 3. The highest BCUT2D eigenvalue weighted by Crippen LogP contribution is 2.41. The van der Waals surface area contributed by atoms with Crippen LogP contribution in [0.2, 0.25) is 0 Å². The second-order valence-electron chi connectivity index (χ2n) is 8.81. The summed E-state index contributed by atoms with van der Waals surface area (Å²) >= 11 is 0. The second kappa shape index (κ2) is 12.4. The molecule has 9 heteroatoms. The molecule has 186 valence electrons. The van der Waals surface area contributed by atoms with Crippen molar-refractivity contribution < 1.29 is 43.1 Å². The number of aliphatic hydroxyl groups excluding tert-OH is 3. The average molecular weight is 475 g/mol. The highest BCUT2D eigenvalue weighted by molar-refractivity contribution is 5.66. The Morgan fingerprint density at radius 1 is 1.24 bits per heavy atom. The normalized spacial score (nSPS) is 25.3. The summed E-state index contributed by atoms with van der Waals surface area (Å²) in [4.78, 5) is 10.5. The van der Waals surface area contributed by atoms with Crippen LogP contribution in [0, 0.1) is 17.8 Å². The van der Waals surface area contributed by atoms with Crippen LogP contribution in [0.15, 0.2) is 36.4 Å². The lowest BCUT2D eigenvalue weighted by Crippen LogP contribution is -2.31. The monoisotopic (exact) mass is 474 g/mol.